The van der Waals surface area contributed by atoms with Gasteiger partial charge in [0.25, 0.3) is 0 Å². The Bertz CT molecular complexity index is 677. The molecule has 2 saturated heterocycles. The van der Waals surface area contributed by atoms with E-state index in [2.05, 4.69) is 9.80 Å². The van der Waals surface area contributed by atoms with Gasteiger partial charge in [-0.1, -0.05) is 37.5 Å². The van der Waals surface area contributed by atoms with Crippen LogP contribution in [0.1, 0.15) is 63.4 Å². The minimum absolute atomic E-state index is 0.111. The lowest BCUT2D eigenvalue weighted by Gasteiger charge is -2.37. The minimum atomic E-state index is -0.111. The molecule has 5 heteroatoms. The Kier molecular flexibility index (Phi) is 7.78. The second-order valence-electron chi connectivity index (χ2n) is 9.52. The predicted octanol–water partition coefficient (Wildman–Crippen LogP) is 4.63. The van der Waals surface area contributed by atoms with E-state index in [-0.39, 0.29) is 17.8 Å². The second-order valence-corrected chi connectivity index (χ2v) is 9.52. The highest BCUT2D eigenvalue weighted by Gasteiger charge is 2.31. The van der Waals surface area contributed by atoms with Gasteiger partial charge in [0.1, 0.15) is 5.82 Å². The Morgan fingerprint density at radius 3 is 2.47 bits per heavy atom. The summed E-state index contributed by atoms with van der Waals surface area (Å²) < 4.78 is 19.8. The molecule has 166 valence electrons. The van der Waals surface area contributed by atoms with Crippen LogP contribution in [-0.4, -0.2) is 54.6 Å². The van der Waals surface area contributed by atoms with E-state index in [9.17, 15) is 9.18 Å². The number of piperidine rings is 1. The topological polar surface area (TPSA) is 32.8 Å². The summed E-state index contributed by atoms with van der Waals surface area (Å²) in [6.07, 6.45) is 10.3. The van der Waals surface area contributed by atoms with Gasteiger partial charge in [0, 0.05) is 37.7 Å². The summed E-state index contributed by atoms with van der Waals surface area (Å²) in [5.41, 5.74) is 0.781. The van der Waals surface area contributed by atoms with E-state index in [4.69, 9.17) is 4.74 Å². The average Bonchev–Trinajstić information content (AvgIpc) is 3.29. The number of nitrogens with zero attached hydrogens (tertiary/aromatic N) is 2. The van der Waals surface area contributed by atoms with Crippen molar-refractivity contribution in [2.24, 2.45) is 11.8 Å². The molecule has 3 fully saturated rings. The average molecular weight is 417 g/mol. The van der Waals surface area contributed by atoms with Gasteiger partial charge in [0.15, 0.2) is 0 Å². The lowest BCUT2D eigenvalue weighted by molar-refractivity contribution is -0.139. The predicted molar refractivity (Wildman–Crippen MR) is 117 cm³/mol. The largest absolute Gasteiger partial charge is 0.376 e. The van der Waals surface area contributed by atoms with Gasteiger partial charge in [-0.25, -0.2) is 4.39 Å². The molecule has 1 saturated carbocycles. The zero-order chi connectivity index (χ0) is 20.8. The van der Waals surface area contributed by atoms with Crippen molar-refractivity contribution in [3.8, 4) is 0 Å². The Hall–Kier alpha value is -1.46. The molecule has 0 radical (unpaired) electrons. The first-order valence-electron chi connectivity index (χ1n) is 12.0. The fourth-order valence-corrected chi connectivity index (χ4v) is 5.40. The number of amides is 1. The van der Waals surface area contributed by atoms with Gasteiger partial charge in [0.2, 0.25) is 5.91 Å². The van der Waals surface area contributed by atoms with Gasteiger partial charge in [-0.05, 0) is 63.6 Å². The van der Waals surface area contributed by atoms with Crippen LogP contribution < -0.4 is 0 Å². The third kappa shape index (κ3) is 5.82. The van der Waals surface area contributed by atoms with Crippen molar-refractivity contribution >= 4 is 5.91 Å². The van der Waals surface area contributed by atoms with Gasteiger partial charge in [-0.2, -0.15) is 0 Å². The summed E-state index contributed by atoms with van der Waals surface area (Å²) in [7, 11) is 0. The molecular formula is C25H37FN2O2. The molecule has 2 aliphatic heterocycles. The molecular weight excluding hydrogens is 379 g/mol. The molecule has 0 unspecified atom stereocenters. The van der Waals surface area contributed by atoms with Crippen molar-refractivity contribution in [1.82, 2.24) is 9.80 Å². The first kappa shape index (κ1) is 21.8. The standard InChI is InChI=1S/C25H37FN2O2/c26-24-11-5-4-9-22(24)18-27-14-12-20(13-15-27)17-28(19-23-10-6-16-30-23)25(29)21-7-2-1-3-8-21/h4-5,9,11,20-21,23H,1-3,6-8,10,12-19H2/t23-/m1/s1. The van der Waals surface area contributed by atoms with Gasteiger partial charge in [-0.15, -0.1) is 0 Å². The van der Waals surface area contributed by atoms with Crippen LogP contribution in [0.15, 0.2) is 24.3 Å². The Balaban J connectivity index is 1.31. The molecule has 1 amide bonds. The third-order valence-electron chi connectivity index (χ3n) is 7.25. The fourth-order valence-electron chi connectivity index (χ4n) is 5.40. The number of benzene rings is 1. The van der Waals surface area contributed by atoms with Crippen LogP contribution in [-0.2, 0) is 16.1 Å². The smallest absolute Gasteiger partial charge is 0.225 e. The number of likely N-dealkylation sites (tertiary alicyclic amines) is 1. The van der Waals surface area contributed by atoms with Crippen molar-refractivity contribution < 1.29 is 13.9 Å². The zero-order valence-corrected chi connectivity index (χ0v) is 18.2. The highest BCUT2D eigenvalue weighted by Crippen LogP contribution is 2.28. The molecule has 4 nitrogen and oxygen atoms in total. The Morgan fingerprint density at radius 1 is 1.00 bits per heavy atom. The van der Waals surface area contributed by atoms with Crippen LogP contribution >= 0.6 is 0 Å². The second kappa shape index (κ2) is 10.7. The molecule has 1 aliphatic carbocycles. The molecule has 1 aromatic carbocycles. The SMILES string of the molecule is O=C(C1CCCCC1)N(CC1CCN(Cc2ccccc2F)CC1)C[C@H]1CCCO1. The molecule has 30 heavy (non-hydrogen) atoms. The van der Waals surface area contributed by atoms with E-state index in [0.29, 0.717) is 18.4 Å². The number of carbonyl (C=O) groups is 1. The van der Waals surface area contributed by atoms with E-state index in [1.54, 1.807) is 12.1 Å². The van der Waals surface area contributed by atoms with Gasteiger partial charge in [-0.3, -0.25) is 9.69 Å². The monoisotopic (exact) mass is 416 g/mol. The summed E-state index contributed by atoms with van der Waals surface area (Å²) in [5, 5.41) is 0. The molecule has 1 aromatic rings. The molecule has 0 bridgehead atoms. The van der Waals surface area contributed by atoms with E-state index >= 15 is 0 Å². The maximum atomic E-state index is 14.0. The number of ether oxygens (including phenoxy) is 1. The van der Waals surface area contributed by atoms with Crippen LogP contribution in [0.5, 0.6) is 0 Å². The molecule has 1 atom stereocenters. The number of halogens is 1. The maximum Gasteiger partial charge on any atom is 0.225 e. The quantitative estimate of drug-likeness (QED) is 0.650. The van der Waals surface area contributed by atoms with Crippen molar-refractivity contribution in [2.45, 2.75) is 70.4 Å². The number of hydrogen-bond acceptors (Lipinski definition) is 3. The Morgan fingerprint density at radius 2 is 1.77 bits per heavy atom. The van der Waals surface area contributed by atoms with Crippen molar-refractivity contribution in [1.29, 1.82) is 0 Å². The summed E-state index contributed by atoms with van der Waals surface area (Å²) in [6.45, 7) is 5.10. The lowest BCUT2D eigenvalue weighted by Crippen LogP contribution is -2.46. The van der Waals surface area contributed by atoms with Crippen LogP contribution in [0, 0.1) is 17.7 Å². The van der Waals surface area contributed by atoms with Crippen LogP contribution in [0.3, 0.4) is 0 Å². The highest BCUT2D eigenvalue weighted by atomic mass is 19.1. The molecule has 0 aromatic heterocycles. The van der Waals surface area contributed by atoms with Gasteiger partial charge < -0.3 is 9.64 Å². The first-order valence-corrected chi connectivity index (χ1v) is 12.0. The normalized spacial score (nSPS) is 24.2. The molecule has 3 aliphatic rings. The summed E-state index contributed by atoms with van der Waals surface area (Å²) >= 11 is 0. The van der Waals surface area contributed by atoms with E-state index in [1.807, 2.05) is 12.1 Å². The number of carbonyl (C=O) groups excluding carboxylic acids is 1. The number of hydrogen-bond donors (Lipinski definition) is 0. The summed E-state index contributed by atoms with van der Waals surface area (Å²) in [6, 6.07) is 7.08. The molecule has 4 rings (SSSR count). The minimum Gasteiger partial charge on any atom is -0.376 e. The van der Waals surface area contributed by atoms with Crippen molar-refractivity contribution in [2.75, 3.05) is 32.8 Å². The zero-order valence-electron chi connectivity index (χ0n) is 18.2. The summed E-state index contributed by atoms with van der Waals surface area (Å²) in [4.78, 5) is 17.8. The number of rotatable bonds is 7. The fraction of sp³-hybridized carbons (Fsp3) is 0.720. The van der Waals surface area contributed by atoms with Crippen molar-refractivity contribution in [3.05, 3.63) is 35.6 Å². The van der Waals surface area contributed by atoms with E-state index < -0.39 is 0 Å². The highest BCUT2D eigenvalue weighted by molar-refractivity contribution is 5.79. The summed E-state index contributed by atoms with van der Waals surface area (Å²) in [5.74, 6) is 1.02. The molecule has 2 heterocycles. The van der Waals surface area contributed by atoms with Gasteiger partial charge in [0.05, 0.1) is 6.10 Å². The molecule has 0 N–H and O–H groups in total. The lowest BCUT2D eigenvalue weighted by atomic mass is 9.87. The van der Waals surface area contributed by atoms with Crippen LogP contribution in [0.2, 0.25) is 0 Å². The van der Waals surface area contributed by atoms with Crippen molar-refractivity contribution in [3.63, 3.8) is 0 Å². The van der Waals surface area contributed by atoms with Gasteiger partial charge >= 0.3 is 0 Å². The third-order valence-corrected chi connectivity index (χ3v) is 7.25. The first-order chi connectivity index (χ1) is 14.7. The van der Waals surface area contributed by atoms with E-state index in [1.165, 1.54) is 19.3 Å². The van der Waals surface area contributed by atoms with Crippen LogP contribution in [0.25, 0.3) is 0 Å². The maximum absolute atomic E-state index is 14.0. The Labute approximate surface area is 180 Å². The van der Waals surface area contributed by atoms with E-state index in [0.717, 1.165) is 76.9 Å². The van der Waals surface area contributed by atoms with Crippen LogP contribution in [0.4, 0.5) is 4.39 Å². The molecule has 0 spiro atoms.